The molecule has 0 radical (unpaired) electrons. The SMILES string of the molecule is Clc1ccc(NCc2cc(Br)ccc2OCc2c(Cl)cccc2Cl)cc1. The standard InChI is InChI=1S/C20H15BrCl3NO/c21-14-4-9-20(26-12-17-18(23)2-1-3-19(17)24)13(10-14)11-25-16-7-5-15(22)6-8-16/h1-10,25H,11-12H2. The molecule has 6 heteroatoms. The van der Waals surface area contributed by atoms with Crippen LogP contribution in [0.2, 0.25) is 15.1 Å². The van der Waals surface area contributed by atoms with Crippen molar-refractivity contribution < 1.29 is 4.74 Å². The van der Waals surface area contributed by atoms with Gasteiger partial charge in [0.25, 0.3) is 0 Å². The smallest absolute Gasteiger partial charge is 0.124 e. The molecule has 0 aliphatic rings. The zero-order valence-corrected chi connectivity index (χ0v) is 17.5. The number of nitrogens with one attached hydrogen (secondary N) is 1. The summed E-state index contributed by atoms with van der Waals surface area (Å²) in [5.41, 5.74) is 2.77. The van der Waals surface area contributed by atoms with E-state index in [2.05, 4.69) is 21.2 Å². The fourth-order valence-corrected chi connectivity index (χ4v) is 3.45. The van der Waals surface area contributed by atoms with E-state index in [1.165, 1.54) is 0 Å². The van der Waals surface area contributed by atoms with Crippen molar-refractivity contribution in [2.75, 3.05) is 5.32 Å². The second-order valence-electron chi connectivity index (χ2n) is 5.60. The molecule has 3 rings (SSSR count). The first-order chi connectivity index (χ1) is 12.5. The minimum atomic E-state index is 0.300. The van der Waals surface area contributed by atoms with Gasteiger partial charge < -0.3 is 10.1 Å². The molecule has 26 heavy (non-hydrogen) atoms. The molecule has 3 aromatic rings. The number of hydrogen-bond acceptors (Lipinski definition) is 2. The molecule has 0 heterocycles. The van der Waals surface area contributed by atoms with Crippen molar-refractivity contribution in [3.8, 4) is 5.75 Å². The van der Waals surface area contributed by atoms with Gasteiger partial charge in [-0.3, -0.25) is 0 Å². The number of hydrogen-bond donors (Lipinski definition) is 1. The van der Waals surface area contributed by atoms with Gasteiger partial charge in [-0.05, 0) is 54.6 Å². The lowest BCUT2D eigenvalue weighted by molar-refractivity contribution is 0.303. The lowest BCUT2D eigenvalue weighted by Crippen LogP contribution is -2.04. The lowest BCUT2D eigenvalue weighted by Gasteiger charge is -2.15. The average molecular weight is 472 g/mol. The van der Waals surface area contributed by atoms with Crippen molar-refractivity contribution in [3.63, 3.8) is 0 Å². The summed E-state index contributed by atoms with van der Waals surface area (Å²) in [5.74, 6) is 0.769. The Kier molecular flexibility index (Phi) is 6.71. The van der Waals surface area contributed by atoms with E-state index < -0.39 is 0 Å². The summed E-state index contributed by atoms with van der Waals surface area (Å²) in [6.45, 7) is 0.904. The predicted octanol–water partition coefficient (Wildman–Crippen LogP) is 7.60. The number of ether oxygens (including phenoxy) is 1. The molecule has 0 aliphatic carbocycles. The third kappa shape index (κ3) is 5.08. The molecular formula is C20H15BrCl3NO. The Morgan fingerprint density at radius 1 is 0.885 bits per heavy atom. The topological polar surface area (TPSA) is 21.3 Å². The first-order valence-corrected chi connectivity index (χ1v) is 9.79. The minimum Gasteiger partial charge on any atom is -0.488 e. The van der Waals surface area contributed by atoms with Gasteiger partial charge in [0.05, 0.1) is 0 Å². The summed E-state index contributed by atoms with van der Waals surface area (Å²) in [5, 5.41) is 5.26. The molecule has 1 N–H and O–H groups in total. The molecule has 0 unspecified atom stereocenters. The van der Waals surface area contributed by atoms with Crippen LogP contribution in [0.4, 0.5) is 5.69 Å². The second kappa shape index (κ2) is 9.01. The van der Waals surface area contributed by atoms with Crippen LogP contribution in [-0.2, 0) is 13.2 Å². The largest absolute Gasteiger partial charge is 0.488 e. The first-order valence-electron chi connectivity index (χ1n) is 7.86. The van der Waals surface area contributed by atoms with Gasteiger partial charge in [-0.15, -0.1) is 0 Å². The van der Waals surface area contributed by atoms with E-state index in [1.807, 2.05) is 48.5 Å². The second-order valence-corrected chi connectivity index (χ2v) is 7.77. The van der Waals surface area contributed by atoms with Gasteiger partial charge in [0.2, 0.25) is 0 Å². The van der Waals surface area contributed by atoms with E-state index in [1.54, 1.807) is 12.1 Å². The molecule has 0 aliphatic heterocycles. The molecule has 0 fully saturated rings. The van der Waals surface area contributed by atoms with Crippen LogP contribution in [-0.4, -0.2) is 0 Å². The number of rotatable bonds is 6. The highest BCUT2D eigenvalue weighted by atomic mass is 79.9. The zero-order valence-electron chi connectivity index (χ0n) is 13.6. The molecule has 0 spiro atoms. The summed E-state index contributed by atoms with van der Waals surface area (Å²) in [4.78, 5) is 0. The van der Waals surface area contributed by atoms with Crippen molar-refractivity contribution in [2.45, 2.75) is 13.2 Å². The number of anilines is 1. The molecule has 2 nitrogen and oxygen atoms in total. The Labute approximate surface area is 176 Å². The van der Waals surface area contributed by atoms with E-state index in [4.69, 9.17) is 39.5 Å². The highest BCUT2D eigenvalue weighted by Crippen LogP contribution is 2.29. The minimum absolute atomic E-state index is 0.300. The average Bonchev–Trinajstić information content (AvgIpc) is 2.62. The van der Waals surface area contributed by atoms with Crippen LogP contribution in [0, 0.1) is 0 Å². The number of halogens is 4. The van der Waals surface area contributed by atoms with Crippen LogP contribution in [0.1, 0.15) is 11.1 Å². The maximum Gasteiger partial charge on any atom is 0.124 e. The fraction of sp³-hybridized carbons (Fsp3) is 0.100. The summed E-state index contributed by atoms with van der Waals surface area (Å²) in [7, 11) is 0. The zero-order chi connectivity index (χ0) is 18.5. The van der Waals surface area contributed by atoms with Gasteiger partial charge in [-0.2, -0.15) is 0 Å². The molecule has 3 aromatic carbocycles. The third-order valence-electron chi connectivity index (χ3n) is 3.78. The Balaban J connectivity index is 1.74. The van der Waals surface area contributed by atoms with Gasteiger partial charge in [-0.1, -0.05) is 56.8 Å². The maximum absolute atomic E-state index is 6.22. The Morgan fingerprint density at radius 3 is 2.27 bits per heavy atom. The Bertz CT molecular complexity index is 880. The van der Waals surface area contributed by atoms with Gasteiger partial charge in [0.1, 0.15) is 12.4 Å². The van der Waals surface area contributed by atoms with Crippen LogP contribution in [0.5, 0.6) is 5.75 Å². The Hall–Kier alpha value is -1.39. The van der Waals surface area contributed by atoms with Crippen LogP contribution < -0.4 is 10.1 Å². The van der Waals surface area contributed by atoms with Crippen LogP contribution >= 0.6 is 50.7 Å². The monoisotopic (exact) mass is 469 g/mol. The molecular weight excluding hydrogens is 456 g/mol. The van der Waals surface area contributed by atoms with Crippen molar-refractivity contribution in [3.05, 3.63) is 91.3 Å². The van der Waals surface area contributed by atoms with E-state index in [0.29, 0.717) is 28.2 Å². The van der Waals surface area contributed by atoms with Crippen molar-refractivity contribution >= 4 is 56.4 Å². The van der Waals surface area contributed by atoms with Crippen LogP contribution in [0.25, 0.3) is 0 Å². The molecule has 134 valence electrons. The van der Waals surface area contributed by atoms with E-state index in [9.17, 15) is 0 Å². The normalized spacial score (nSPS) is 10.6. The van der Waals surface area contributed by atoms with Crippen molar-refractivity contribution in [2.24, 2.45) is 0 Å². The summed E-state index contributed by atoms with van der Waals surface area (Å²) in [6.07, 6.45) is 0. The molecule has 0 bridgehead atoms. The van der Waals surface area contributed by atoms with Crippen molar-refractivity contribution in [1.82, 2.24) is 0 Å². The fourth-order valence-electron chi connectivity index (χ4n) is 2.41. The third-order valence-corrected chi connectivity index (χ3v) is 5.24. The highest BCUT2D eigenvalue weighted by Gasteiger charge is 2.09. The van der Waals surface area contributed by atoms with Gasteiger partial charge in [0, 0.05) is 42.9 Å². The van der Waals surface area contributed by atoms with E-state index in [0.717, 1.165) is 27.0 Å². The van der Waals surface area contributed by atoms with E-state index >= 15 is 0 Å². The summed E-state index contributed by atoms with van der Waals surface area (Å²) >= 11 is 21.9. The highest BCUT2D eigenvalue weighted by molar-refractivity contribution is 9.10. The van der Waals surface area contributed by atoms with Gasteiger partial charge in [0.15, 0.2) is 0 Å². The lowest BCUT2D eigenvalue weighted by atomic mass is 10.2. The molecule has 0 amide bonds. The van der Waals surface area contributed by atoms with Crippen LogP contribution in [0.3, 0.4) is 0 Å². The molecule has 0 saturated heterocycles. The quantitative estimate of drug-likeness (QED) is 0.400. The van der Waals surface area contributed by atoms with Gasteiger partial charge in [-0.25, -0.2) is 0 Å². The van der Waals surface area contributed by atoms with E-state index in [-0.39, 0.29) is 0 Å². The Morgan fingerprint density at radius 2 is 1.58 bits per heavy atom. The summed E-state index contributed by atoms with van der Waals surface area (Å²) < 4.78 is 6.98. The number of benzene rings is 3. The molecule has 0 saturated carbocycles. The molecule has 0 atom stereocenters. The van der Waals surface area contributed by atoms with Crippen LogP contribution in [0.15, 0.2) is 65.1 Å². The maximum atomic E-state index is 6.22. The molecule has 0 aromatic heterocycles. The van der Waals surface area contributed by atoms with Gasteiger partial charge >= 0.3 is 0 Å². The van der Waals surface area contributed by atoms with Crippen molar-refractivity contribution in [1.29, 1.82) is 0 Å². The summed E-state index contributed by atoms with van der Waals surface area (Å²) in [6, 6.07) is 18.9. The predicted molar refractivity (Wildman–Crippen MR) is 114 cm³/mol. The first kappa shape index (κ1) is 19.4.